The zero-order valence-electron chi connectivity index (χ0n) is 4.46. The van der Waals surface area contributed by atoms with Gasteiger partial charge in [0.15, 0.2) is 0 Å². The fraction of sp³-hybridized carbons (Fsp3) is 0.667. The fourth-order valence-corrected chi connectivity index (χ4v) is 0.364. The number of hydrogen-bond donors (Lipinski definition) is 1. The summed E-state index contributed by atoms with van der Waals surface area (Å²) >= 11 is 1.45. The highest BCUT2D eigenvalue weighted by Gasteiger charge is 1.79. The van der Waals surface area contributed by atoms with E-state index in [1.165, 1.54) is 11.9 Å². The minimum Gasteiger partial charge on any atom is -0.323 e. The van der Waals surface area contributed by atoms with Crippen LogP contribution < -0.4 is 5.84 Å². The normalized spacial score (nSPS) is 11.3. The lowest BCUT2D eigenvalue weighted by Gasteiger charge is -1.99. The Morgan fingerprint density at radius 1 is 1.71 bits per heavy atom. The van der Waals surface area contributed by atoms with Crippen LogP contribution in [-0.2, 0) is 0 Å². The van der Waals surface area contributed by atoms with Gasteiger partial charge in [0.2, 0.25) is 0 Å². The first-order chi connectivity index (χ1) is 3.27. The Balaban J connectivity index is 2.97. The molecular formula is C3H9N3S. The molecule has 0 unspecified atom stereocenters. The number of nitrogens with two attached hydrogens (primary N) is 1. The second-order valence-electron chi connectivity index (χ2n) is 1.17. The van der Waals surface area contributed by atoms with Gasteiger partial charge in [0, 0.05) is 0 Å². The predicted octanol–water partition coefficient (Wildman–Crippen LogP) is 0.0982. The topological polar surface area (TPSA) is 41.6 Å². The third-order valence-corrected chi connectivity index (χ3v) is 0.956. The first-order valence-electron chi connectivity index (χ1n) is 1.83. The lowest BCUT2D eigenvalue weighted by molar-refractivity contribution is 0.710. The van der Waals surface area contributed by atoms with Crippen LogP contribution in [-0.4, -0.2) is 23.9 Å². The smallest absolute Gasteiger partial charge is 0.0948 e. The largest absolute Gasteiger partial charge is 0.323 e. The predicted molar refractivity (Wildman–Crippen MR) is 34.0 cm³/mol. The van der Waals surface area contributed by atoms with E-state index in [1.54, 1.807) is 5.55 Å². The quantitative estimate of drug-likeness (QED) is 0.184. The van der Waals surface area contributed by atoms with Crippen LogP contribution in [0, 0.1) is 0 Å². The molecule has 0 radical (unpaired) electrons. The van der Waals surface area contributed by atoms with E-state index >= 15 is 0 Å². The Morgan fingerprint density at radius 2 is 2.29 bits per heavy atom. The molecule has 0 aliphatic carbocycles. The molecule has 0 aliphatic heterocycles. The molecule has 7 heavy (non-hydrogen) atoms. The van der Waals surface area contributed by atoms with Gasteiger partial charge in [-0.3, -0.25) is 4.31 Å². The van der Waals surface area contributed by atoms with Crippen molar-refractivity contribution in [3.63, 3.8) is 0 Å². The van der Waals surface area contributed by atoms with Crippen molar-refractivity contribution in [2.45, 2.75) is 0 Å². The Morgan fingerprint density at radius 3 is 2.43 bits per heavy atom. The van der Waals surface area contributed by atoms with Crippen LogP contribution >= 0.6 is 11.9 Å². The van der Waals surface area contributed by atoms with Crippen molar-refractivity contribution in [3.05, 3.63) is 0 Å². The van der Waals surface area contributed by atoms with Gasteiger partial charge in [-0.1, -0.05) is 0 Å². The van der Waals surface area contributed by atoms with E-state index in [0.717, 1.165) is 0 Å². The molecule has 0 atom stereocenters. The van der Waals surface area contributed by atoms with Crippen molar-refractivity contribution in [3.8, 4) is 0 Å². The van der Waals surface area contributed by atoms with Gasteiger partial charge in [-0.15, -0.1) is 0 Å². The Hall–Kier alpha value is -0.220. The van der Waals surface area contributed by atoms with Crippen LogP contribution in [0.1, 0.15) is 0 Å². The van der Waals surface area contributed by atoms with E-state index in [4.69, 9.17) is 5.84 Å². The average molecular weight is 119 g/mol. The van der Waals surface area contributed by atoms with Gasteiger partial charge in [-0.05, 0) is 26.0 Å². The molecule has 0 aromatic rings. The van der Waals surface area contributed by atoms with E-state index in [0.29, 0.717) is 0 Å². The molecule has 0 rings (SSSR count). The maximum absolute atomic E-state index is 4.80. The van der Waals surface area contributed by atoms with Crippen LogP contribution in [0.4, 0.5) is 0 Å². The van der Waals surface area contributed by atoms with Crippen molar-refractivity contribution >= 4 is 17.5 Å². The summed E-state index contributed by atoms with van der Waals surface area (Å²) in [5.74, 6) is 4.80. The van der Waals surface area contributed by atoms with Crippen LogP contribution in [0.2, 0.25) is 0 Å². The summed E-state index contributed by atoms with van der Waals surface area (Å²) in [7, 11) is 3.85. The highest BCUT2D eigenvalue weighted by Crippen LogP contribution is 1.94. The van der Waals surface area contributed by atoms with E-state index in [-0.39, 0.29) is 0 Å². The Bertz CT molecular complexity index is 61.2. The number of hydrazone groups is 1. The average Bonchev–Trinajstić information content (AvgIpc) is 1.61. The fourth-order valence-electron chi connectivity index (χ4n) is 0.121. The van der Waals surface area contributed by atoms with Crippen LogP contribution in [0.5, 0.6) is 0 Å². The SMILES string of the molecule is CN(C)S/C=N\N. The zero-order valence-corrected chi connectivity index (χ0v) is 5.27. The highest BCUT2D eigenvalue weighted by atomic mass is 32.2. The summed E-state index contributed by atoms with van der Waals surface area (Å²) in [4.78, 5) is 0. The number of rotatable bonds is 2. The molecule has 0 fully saturated rings. The molecule has 0 aromatic carbocycles. The monoisotopic (exact) mass is 119 g/mol. The summed E-state index contributed by atoms with van der Waals surface area (Å²) < 4.78 is 1.90. The van der Waals surface area contributed by atoms with Crippen molar-refractivity contribution < 1.29 is 0 Å². The first kappa shape index (κ1) is 6.78. The minimum atomic E-state index is 1.45. The zero-order chi connectivity index (χ0) is 5.70. The van der Waals surface area contributed by atoms with Gasteiger partial charge in [-0.2, -0.15) is 5.10 Å². The minimum absolute atomic E-state index is 1.45. The van der Waals surface area contributed by atoms with E-state index in [1.807, 2.05) is 18.4 Å². The van der Waals surface area contributed by atoms with Gasteiger partial charge in [0.25, 0.3) is 0 Å². The number of nitrogens with zero attached hydrogens (tertiary/aromatic N) is 2. The summed E-state index contributed by atoms with van der Waals surface area (Å²) in [6.07, 6.45) is 0. The molecule has 0 aliphatic rings. The standard InChI is InChI=1S/C3H9N3S/c1-6(2)7-3-5-4/h3H,4H2,1-2H3/b5-3-. The molecule has 0 aromatic heterocycles. The third kappa shape index (κ3) is 5.78. The van der Waals surface area contributed by atoms with Crippen molar-refractivity contribution in [1.29, 1.82) is 0 Å². The highest BCUT2D eigenvalue weighted by molar-refractivity contribution is 8.10. The maximum Gasteiger partial charge on any atom is 0.0948 e. The van der Waals surface area contributed by atoms with Crippen molar-refractivity contribution in [1.82, 2.24) is 4.31 Å². The summed E-state index contributed by atoms with van der Waals surface area (Å²) in [6, 6.07) is 0. The molecule has 4 heteroatoms. The van der Waals surface area contributed by atoms with E-state index in [9.17, 15) is 0 Å². The molecule has 0 spiro atoms. The van der Waals surface area contributed by atoms with Gasteiger partial charge < -0.3 is 5.84 Å². The van der Waals surface area contributed by atoms with Gasteiger partial charge >= 0.3 is 0 Å². The van der Waals surface area contributed by atoms with E-state index < -0.39 is 0 Å². The molecule has 42 valence electrons. The molecule has 0 saturated carbocycles. The van der Waals surface area contributed by atoms with Crippen LogP contribution in [0.3, 0.4) is 0 Å². The Labute approximate surface area is 47.7 Å². The molecule has 0 amide bonds. The molecule has 0 bridgehead atoms. The van der Waals surface area contributed by atoms with Crippen molar-refractivity contribution in [2.24, 2.45) is 10.9 Å². The molecule has 3 nitrogen and oxygen atoms in total. The second-order valence-corrected chi connectivity index (χ2v) is 2.32. The van der Waals surface area contributed by atoms with Crippen molar-refractivity contribution in [2.75, 3.05) is 14.1 Å². The lowest BCUT2D eigenvalue weighted by atomic mass is 11.3. The lowest BCUT2D eigenvalue weighted by Crippen LogP contribution is -1.98. The first-order valence-corrected chi connectivity index (χ1v) is 2.67. The second kappa shape index (κ2) is 3.95. The van der Waals surface area contributed by atoms with E-state index in [2.05, 4.69) is 5.10 Å². The summed E-state index contributed by atoms with van der Waals surface area (Å²) in [6.45, 7) is 0. The van der Waals surface area contributed by atoms with Gasteiger partial charge in [0.05, 0.1) is 5.55 Å². The van der Waals surface area contributed by atoms with Crippen LogP contribution in [0.15, 0.2) is 5.10 Å². The number of hydrogen-bond acceptors (Lipinski definition) is 4. The van der Waals surface area contributed by atoms with Gasteiger partial charge in [-0.25, -0.2) is 0 Å². The molecular weight excluding hydrogens is 110 g/mol. The third-order valence-electron chi connectivity index (χ3n) is 0.319. The van der Waals surface area contributed by atoms with Crippen LogP contribution in [0.25, 0.3) is 0 Å². The molecule has 0 saturated heterocycles. The summed E-state index contributed by atoms with van der Waals surface area (Å²) in [5, 5.41) is 3.27. The summed E-state index contributed by atoms with van der Waals surface area (Å²) in [5.41, 5.74) is 1.57. The maximum atomic E-state index is 4.80. The Kier molecular flexibility index (Phi) is 3.83. The van der Waals surface area contributed by atoms with Gasteiger partial charge in [0.1, 0.15) is 0 Å². The molecule has 0 heterocycles. The molecule has 2 N–H and O–H groups in total.